The Morgan fingerprint density at radius 1 is 1.47 bits per heavy atom. The Hall–Kier alpha value is -0.980. The zero-order valence-corrected chi connectivity index (χ0v) is 12.5. The summed E-state index contributed by atoms with van der Waals surface area (Å²) >= 11 is 0. The van der Waals surface area contributed by atoms with E-state index >= 15 is 0 Å². The van der Waals surface area contributed by atoms with Crippen LogP contribution in [0, 0.1) is 0 Å². The number of aromatic nitrogens is 1. The second kappa shape index (κ2) is 5.56. The minimum Gasteiger partial charge on any atom is -0.296 e. The molecule has 0 radical (unpaired) electrons. The van der Waals surface area contributed by atoms with Gasteiger partial charge >= 0.3 is 0 Å². The third-order valence-electron chi connectivity index (χ3n) is 3.56. The molecule has 1 aromatic heterocycles. The third-order valence-corrected chi connectivity index (χ3v) is 5.77. The minimum absolute atomic E-state index is 0.300. The molecule has 0 spiro atoms. The second-order valence-corrected chi connectivity index (χ2v) is 7.83. The van der Waals surface area contributed by atoms with E-state index in [9.17, 15) is 8.42 Å². The Labute approximate surface area is 115 Å². The van der Waals surface area contributed by atoms with Crippen LogP contribution in [-0.4, -0.2) is 54.0 Å². The lowest BCUT2D eigenvalue weighted by Crippen LogP contribution is -2.60. The van der Waals surface area contributed by atoms with Gasteiger partial charge in [0.15, 0.2) is 0 Å². The van der Waals surface area contributed by atoms with Gasteiger partial charge in [0, 0.05) is 38.1 Å². The highest BCUT2D eigenvalue weighted by atomic mass is 32.2. The smallest absolute Gasteiger partial charge is 0.216 e. The Kier molecular flexibility index (Phi) is 4.23. The molecule has 19 heavy (non-hydrogen) atoms. The lowest BCUT2D eigenvalue weighted by Gasteiger charge is -2.43. The van der Waals surface area contributed by atoms with E-state index < -0.39 is 10.0 Å². The molecule has 1 aromatic rings. The first-order chi connectivity index (χ1) is 8.91. The van der Waals surface area contributed by atoms with E-state index in [1.165, 1.54) is 0 Å². The quantitative estimate of drug-likeness (QED) is 0.807. The SMILES string of the molecule is CC(C)S(=O)(=O)N1CC(N(C)Cc2cccnc2)C1. The molecule has 5 nitrogen and oxygen atoms in total. The molecule has 6 heteroatoms. The monoisotopic (exact) mass is 283 g/mol. The number of hydrogen-bond donors (Lipinski definition) is 0. The number of sulfonamides is 1. The number of likely N-dealkylation sites (N-methyl/N-ethyl adjacent to an activating group) is 1. The normalized spacial score (nSPS) is 17.9. The van der Waals surface area contributed by atoms with Crippen LogP contribution < -0.4 is 0 Å². The molecular weight excluding hydrogens is 262 g/mol. The van der Waals surface area contributed by atoms with E-state index in [1.807, 2.05) is 25.4 Å². The average molecular weight is 283 g/mol. The van der Waals surface area contributed by atoms with Gasteiger partial charge in [0.2, 0.25) is 10.0 Å². The molecule has 2 rings (SSSR count). The molecule has 0 saturated carbocycles. The number of nitrogens with zero attached hydrogens (tertiary/aromatic N) is 3. The van der Waals surface area contributed by atoms with Gasteiger partial charge in [-0.05, 0) is 32.5 Å². The topological polar surface area (TPSA) is 53.5 Å². The summed E-state index contributed by atoms with van der Waals surface area (Å²) in [6.07, 6.45) is 3.60. The van der Waals surface area contributed by atoms with Gasteiger partial charge in [0.05, 0.1) is 5.25 Å². The molecule has 1 saturated heterocycles. The van der Waals surface area contributed by atoms with Gasteiger partial charge in [-0.2, -0.15) is 4.31 Å². The van der Waals surface area contributed by atoms with Crippen molar-refractivity contribution in [3.05, 3.63) is 30.1 Å². The van der Waals surface area contributed by atoms with Gasteiger partial charge in [-0.25, -0.2) is 8.42 Å². The molecule has 106 valence electrons. The standard InChI is InChI=1S/C13H21N3O2S/c1-11(2)19(17,18)16-9-13(10-16)15(3)8-12-5-4-6-14-7-12/h4-7,11,13H,8-10H2,1-3H3. The molecule has 0 aromatic carbocycles. The number of pyridine rings is 1. The lowest BCUT2D eigenvalue weighted by atomic mass is 10.1. The van der Waals surface area contributed by atoms with Crippen LogP contribution in [0.3, 0.4) is 0 Å². The van der Waals surface area contributed by atoms with Crippen LogP contribution in [0.2, 0.25) is 0 Å². The second-order valence-electron chi connectivity index (χ2n) is 5.34. The summed E-state index contributed by atoms with van der Waals surface area (Å²) in [6.45, 7) is 5.44. The van der Waals surface area contributed by atoms with Crippen LogP contribution in [0.15, 0.2) is 24.5 Å². The predicted octanol–water partition coefficient (Wildman–Crippen LogP) is 0.936. The van der Waals surface area contributed by atoms with Crippen molar-refractivity contribution < 1.29 is 8.42 Å². The first-order valence-corrected chi connectivity index (χ1v) is 7.99. The largest absolute Gasteiger partial charge is 0.296 e. The van der Waals surface area contributed by atoms with Crippen molar-refractivity contribution in [2.45, 2.75) is 31.7 Å². The molecule has 2 heterocycles. The van der Waals surface area contributed by atoms with E-state index in [1.54, 1.807) is 24.3 Å². The molecule has 1 aliphatic rings. The van der Waals surface area contributed by atoms with Crippen LogP contribution in [0.1, 0.15) is 19.4 Å². The number of rotatable bonds is 5. The lowest BCUT2D eigenvalue weighted by molar-refractivity contribution is 0.105. The molecule has 0 atom stereocenters. The fourth-order valence-corrected chi connectivity index (χ4v) is 3.47. The van der Waals surface area contributed by atoms with Gasteiger partial charge in [0.1, 0.15) is 0 Å². The van der Waals surface area contributed by atoms with Crippen molar-refractivity contribution in [3.8, 4) is 0 Å². The predicted molar refractivity (Wildman–Crippen MR) is 75.1 cm³/mol. The maximum Gasteiger partial charge on any atom is 0.216 e. The highest BCUT2D eigenvalue weighted by Gasteiger charge is 2.38. The van der Waals surface area contributed by atoms with Crippen molar-refractivity contribution in [2.24, 2.45) is 0 Å². The minimum atomic E-state index is -3.09. The Bertz CT molecular complexity index is 510. The van der Waals surface area contributed by atoms with E-state index in [0.717, 1.165) is 12.1 Å². The fraction of sp³-hybridized carbons (Fsp3) is 0.615. The Balaban J connectivity index is 1.87. The van der Waals surface area contributed by atoms with Crippen LogP contribution >= 0.6 is 0 Å². The van der Waals surface area contributed by atoms with Crippen LogP contribution in [0.5, 0.6) is 0 Å². The maximum absolute atomic E-state index is 11.9. The fourth-order valence-electron chi connectivity index (χ4n) is 2.11. The van der Waals surface area contributed by atoms with Gasteiger partial charge in [-0.3, -0.25) is 9.88 Å². The molecule has 0 bridgehead atoms. The highest BCUT2D eigenvalue weighted by Crippen LogP contribution is 2.21. The van der Waals surface area contributed by atoms with E-state index in [-0.39, 0.29) is 5.25 Å². The summed E-state index contributed by atoms with van der Waals surface area (Å²) in [5, 5.41) is -0.336. The summed E-state index contributed by atoms with van der Waals surface area (Å²) in [5.74, 6) is 0. The first kappa shape index (κ1) is 14.4. The molecule has 0 N–H and O–H groups in total. The zero-order chi connectivity index (χ0) is 14.0. The molecule has 1 aliphatic heterocycles. The third kappa shape index (κ3) is 3.13. The highest BCUT2D eigenvalue weighted by molar-refractivity contribution is 7.89. The van der Waals surface area contributed by atoms with Gasteiger partial charge in [-0.1, -0.05) is 6.07 Å². The van der Waals surface area contributed by atoms with Crippen molar-refractivity contribution >= 4 is 10.0 Å². The van der Waals surface area contributed by atoms with Crippen molar-refractivity contribution in [1.82, 2.24) is 14.2 Å². The summed E-state index contributed by atoms with van der Waals surface area (Å²) in [4.78, 5) is 6.27. The average Bonchev–Trinajstić information content (AvgIpc) is 2.27. The van der Waals surface area contributed by atoms with Crippen molar-refractivity contribution in [2.75, 3.05) is 20.1 Å². The van der Waals surface area contributed by atoms with Gasteiger partial charge in [-0.15, -0.1) is 0 Å². The van der Waals surface area contributed by atoms with Crippen LogP contribution in [0.4, 0.5) is 0 Å². The molecular formula is C13H21N3O2S. The van der Waals surface area contributed by atoms with Crippen LogP contribution in [0.25, 0.3) is 0 Å². The van der Waals surface area contributed by atoms with Crippen LogP contribution in [-0.2, 0) is 16.6 Å². The van der Waals surface area contributed by atoms with E-state index in [2.05, 4.69) is 9.88 Å². The first-order valence-electron chi connectivity index (χ1n) is 6.49. The van der Waals surface area contributed by atoms with Crippen molar-refractivity contribution in [3.63, 3.8) is 0 Å². The van der Waals surface area contributed by atoms with E-state index in [0.29, 0.717) is 19.1 Å². The summed E-state index contributed by atoms with van der Waals surface area (Å²) in [5.41, 5.74) is 1.15. The summed E-state index contributed by atoms with van der Waals surface area (Å²) < 4.78 is 25.4. The molecule has 0 unspecified atom stereocenters. The molecule has 0 aliphatic carbocycles. The van der Waals surface area contributed by atoms with Gasteiger partial charge < -0.3 is 0 Å². The van der Waals surface area contributed by atoms with Gasteiger partial charge in [0.25, 0.3) is 0 Å². The molecule has 0 amide bonds. The molecule has 1 fully saturated rings. The van der Waals surface area contributed by atoms with Crippen molar-refractivity contribution in [1.29, 1.82) is 0 Å². The Morgan fingerprint density at radius 3 is 2.68 bits per heavy atom. The zero-order valence-electron chi connectivity index (χ0n) is 11.7. The van der Waals surface area contributed by atoms with E-state index in [4.69, 9.17) is 0 Å². The number of hydrogen-bond acceptors (Lipinski definition) is 4. The summed E-state index contributed by atoms with van der Waals surface area (Å²) in [7, 11) is -1.06. The Morgan fingerprint density at radius 2 is 2.16 bits per heavy atom. The summed E-state index contributed by atoms with van der Waals surface area (Å²) in [6, 6.07) is 4.25. The maximum atomic E-state index is 11.9.